The van der Waals surface area contributed by atoms with Gasteiger partial charge in [-0.25, -0.2) is 4.98 Å². The molecule has 2 heterocycles. The number of amides is 1. The lowest BCUT2D eigenvalue weighted by molar-refractivity contribution is 0.0958. The molecule has 0 spiro atoms. The first kappa shape index (κ1) is 19.4. The number of carbonyl (C=O) groups excluding carboxylic acids is 1. The van der Waals surface area contributed by atoms with Crippen LogP contribution in [0.2, 0.25) is 5.15 Å². The summed E-state index contributed by atoms with van der Waals surface area (Å²) in [6.07, 6.45) is 4.00. The third kappa shape index (κ3) is 4.15. The molecule has 2 aliphatic rings. The van der Waals surface area contributed by atoms with E-state index in [0.717, 1.165) is 43.8 Å². The first-order valence-electron chi connectivity index (χ1n) is 9.67. The Morgan fingerprint density at radius 3 is 2.42 bits per heavy atom. The third-order valence-electron chi connectivity index (χ3n) is 6.09. The SMILES string of the molecule is CNC(=O)c1ccc(N2CCN([C@@H]3CCC(C(C)(C)C)C3)CC2)c(Cl)n1. The summed E-state index contributed by atoms with van der Waals surface area (Å²) in [5.74, 6) is 0.624. The van der Waals surface area contributed by atoms with Gasteiger partial charge in [0.25, 0.3) is 5.91 Å². The number of nitrogens with zero attached hydrogens (tertiary/aromatic N) is 3. The molecule has 1 amide bonds. The van der Waals surface area contributed by atoms with Gasteiger partial charge in [0.05, 0.1) is 5.69 Å². The van der Waals surface area contributed by atoms with E-state index in [9.17, 15) is 4.79 Å². The van der Waals surface area contributed by atoms with Crippen molar-refractivity contribution in [3.05, 3.63) is 23.0 Å². The molecule has 1 aromatic heterocycles. The number of rotatable bonds is 3. The Labute approximate surface area is 162 Å². The molecule has 3 rings (SSSR count). The van der Waals surface area contributed by atoms with Crippen LogP contribution in [0.5, 0.6) is 0 Å². The summed E-state index contributed by atoms with van der Waals surface area (Å²) in [7, 11) is 1.60. The van der Waals surface area contributed by atoms with Gasteiger partial charge in [0.15, 0.2) is 5.15 Å². The fourth-order valence-corrected chi connectivity index (χ4v) is 4.59. The molecule has 1 aromatic rings. The van der Waals surface area contributed by atoms with E-state index in [1.807, 2.05) is 6.07 Å². The zero-order valence-electron chi connectivity index (χ0n) is 16.4. The van der Waals surface area contributed by atoms with Gasteiger partial charge in [0.1, 0.15) is 5.69 Å². The maximum Gasteiger partial charge on any atom is 0.269 e. The normalized spacial score (nSPS) is 24.7. The van der Waals surface area contributed by atoms with Gasteiger partial charge in [-0.2, -0.15) is 0 Å². The zero-order valence-corrected chi connectivity index (χ0v) is 17.1. The number of carbonyl (C=O) groups is 1. The van der Waals surface area contributed by atoms with Crippen LogP contribution in [0, 0.1) is 11.3 Å². The molecule has 0 bridgehead atoms. The number of hydrogen-bond donors (Lipinski definition) is 1. The Morgan fingerprint density at radius 2 is 1.88 bits per heavy atom. The second-order valence-corrected chi connectivity index (χ2v) is 9.00. The Hall–Kier alpha value is -1.33. The quantitative estimate of drug-likeness (QED) is 0.818. The van der Waals surface area contributed by atoms with Crippen molar-refractivity contribution < 1.29 is 4.79 Å². The van der Waals surface area contributed by atoms with Crippen LogP contribution in [-0.4, -0.2) is 55.1 Å². The zero-order chi connectivity index (χ0) is 18.9. The number of aromatic nitrogens is 1. The largest absolute Gasteiger partial charge is 0.366 e. The molecule has 1 saturated carbocycles. The molecule has 6 heteroatoms. The number of piperazine rings is 1. The highest BCUT2D eigenvalue weighted by Gasteiger charge is 2.36. The smallest absolute Gasteiger partial charge is 0.269 e. The lowest BCUT2D eigenvalue weighted by atomic mass is 9.79. The second-order valence-electron chi connectivity index (χ2n) is 8.64. The van der Waals surface area contributed by atoms with Crippen molar-refractivity contribution in [2.24, 2.45) is 11.3 Å². The molecule has 1 saturated heterocycles. The van der Waals surface area contributed by atoms with E-state index in [0.29, 0.717) is 16.3 Å². The van der Waals surface area contributed by atoms with Crippen LogP contribution in [0.25, 0.3) is 0 Å². The lowest BCUT2D eigenvalue weighted by Crippen LogP contribution is -2.50. The van der Waals surface area contributed by atoms with Crippen molar-refractivity contribution in [3.8, 4) is 0 Å². The number of pyridine rings is 1. The van der Waals surface area contributed by atoms with E-state index < -0.39 is 0 Å². The first-order valence-corrected chi connectivity index (χ1v) is 10.0. The highest BCUT2D eigenvalue weighted by atomic mass is 35.5. The lowest BCUT2D eigenvalue weighted by Gasteiger charge is -2.39. The van der Waals surface area contributed by atoms with E-state index in [1.54, 1.807) is 13.1 Å². The Bertz CT molecular complexity index is 650. The van der Waals surface area contributed by atoms with Crippen LogP contribution in [0.1, 0.15) is 50.5 Å². The predicted molar refractivity (Wildman–Crippen MR) is 107 cm³/mol. The maximum absolute atomic E-state index is 11.7. The van der Waals surface area contributed by atoms with Crippen LogP contribution >= 0.6 is 11.6 Å². The number of anilines is 1. The maximum atomic E-state index is 11.7. The van der Waals surface area contributed by atoms with Crippen LogP contribution in [0.15, 0.2) is 12.1 Å². The number of nitrogens with one attached hydrogen (secondary N) is 1. The van der Waals surface area contributed by atoms with Gasteiger partial charge in [0, 0.05) is 39.3 Å². The van der Waals surface area contributed by atoms with E-state index in [-0.39, 0.29) is 5.91 Å². The molecule has 1 aliphatic heterocycles. The Kier molecular flexibility index (Phi) is 5.78. The number of halogens is 1. The van der Waals surface area contributed by atoms with Gasteiger partial charge >= 0.3 is 0 Å². The fourth-order valence-electron chi connectivity index (χ4n) is 4.32. The Balaban J connectivity index is 1.58. The molecule has 2 fully saturated rings. The summed E-state index contributed by atoms with van der Waals surface area (Å²) in [4.78, 5) is 20.9. The van der Waals surface area contributed by atoms with Gasteiger partial charge in [-0.1, -0.05) is 32.4 Å². The van der Waals surface area contributed by atoms with Gasteiger partial charge in [-0.05, 0) is 42.7 Å². The highest BCUT2D eigenvalue weighted by Crippen LogP contribution is 2.41. The van der Waals surface area contributed by atoms with Crippen molar-refractivity contribution in [1.29, 1.82) is 0 Å². The van der Waals surface area contributed by atoms with Crippen molar-refractivity contribution in [2.45, 2.75) is 46.1 Å². The summed E-state index contributed by atoms with van der Waals surface area (Å²) >= 11 is 6.35. The summed E-state index contributed by atoms with van der Waals surface area (Å²) < 4.78 is 0. The molecule has 0 radical (unpaired) electrons. The van der Waals surface area contributed by atoms with Gasteiger partial charge in [-0.3, -0.25) is 9.69 Å². The van der Waals surface area contributed by atoms with E-state index >= 15 is 0 Å². The molecule has 0 aromatic carbocycles. The van der Waals surface area contributed by atoms with Crippen LogP contribution in [0.4, 0.5) is 5.69 Å². The summed E-state index contributed by atoms with van der Waals surface area (Å²) in [6, 6.07) is 4.39. The molecule has 1 aliphatic carbocycles. The molecule has 144 valence electrons. The van der Waals surface area contributed by atoms with Crippen LogP contribution in [-0.2, 0) is 0 Å². The monoisotopic (exact) mass is 378 g/mol. The van der Waals surface area contributed by atoms with Gasteiger partial charge in [0.2, 0.25) is 0 Å². The second kappa shape index (κ2) is 7.73. The molecular weight excluding hydrogens is 348 g/mol. The van der Waals surface area contributed by atoms with Crippen molar-refractivity contribution in [1.82, 2.24) is 15.2 Å². The first-order chi connectivity index (χ1) is 12.3. The molecule has 1 unspecified atom stereocenters. The van der Waals surface area contributed by atoms with Gasteiger partial charge < -0.3 is 10.2 Å². The predicted octanol–water partition coefficient (Wildman–Crippen LogP) is 3.43. The summed E-state index contributed by atoms with van der Waals surface area (Å²) in [5, 5.41) is 2.99. The van der Waals surface area contributed by atoms with Crippen LogP contribution in [0.3, 0.4) is 0 Å². The number of hydrogen-bond acceptors (Lipinski definition) is 4. The minimum absolute atomic E-state index is 0.210. The standard InChI is InChI=1S/C20H31ClN4O/c1-20(2,3)14-5-6-15(13-14)24-9-11-25(12-10-24)17-8-7-16(19(26)22-4)23-18(17)21/h7-8,14-15H,5-6,9-13H2,1-4H3,(H,22,26)/t14?,15-/m1/s1. The average molecular weight is 379 g/mol. The average Bonchev–Trinajstić information content (AvgIpc) is 3.11. The van der Waals surface area contributed by atoms with E-state index in [1.165, 1.54) is 19.3 Å². The molecule has 2 atom stereocenters. The highest BCUT2D eigenvalue weighted by molar-refractivity contribution is 6.32. The molecule has 26 heavy (non-hydrogen) atoms. The van der Waals surface area contributed by atoms with Crippen molar-refractivity contribution in [2.75, 3.05) is 38.1 Å². The molecule has 1 N–H and O–H groups in total. The minimum Gasteiger partial charge on any atom is -0.366 e. The Morgan fingerprint density at radius 1 is 1.19 bits per heavy atom. The van der Waals surface area contributed by atoms with Crippen molar-refractivity contribution in [3.63, 3.8) is 0 Å². The summed E-state index contributed by atoms with van der Waals surface area (Å²) in [6.45, 7) is 11.2. The summed E-state index contributed by atoms with van der Waals surface area (Å²) in [5.41, 5.74) is 1.71. The fraction of sp³-hybridized carbons (Fsp3) is 0.700. The van der Waals surface area contributed by atoms with E-state index in [2.05, 4.69) is 40.9 Å². The van der Waals surface area contributed by atoms with E-state index in [4.69, 9.17) is 11.6 Å². The molecule has 5 nitrogen and oxygen atoms in total. The minimum atomic E-state index is -0.210. The molecular formula is C20H31ClN4O. The third-order valence-corrected chi connectivity index (χ3v) is 6.37. The topological polar surface area (TPSA) is 48.5 Å². The van der Waals surface area contributed by atoms with Crippen LogP contribution < -0.4 is 10.2 Å². The van der Waals surface area contributed by atoms with Crippen molar-refractivity contribution >= 4 is 23.2 Å². The van der Waals surface area contributed by atoms with Gasteiger partial charge in [-0.15, -0.1) is 0 Å².